The first-order valence-corrected chi connectivity index (χ1v) is 7.81. The van der Waals surface area contributed by atoms with Crippen molar-refractivity contribution in [3.63, 3.8) is 0 Å². The number of hydrogen-bond acceptors (Lipinski definition) is 5. The highest BCUT2D eigenvalue weighted by Crippen LogP contribution is 2.31. The van der Waals surface area contributed by atoms with Crippen LogP contribution in [0.25, 0.3) is 11.2 Å². The fourth-order valence-electron chi connectivity index (χ4n) is 3.13. The zero-order chi connectivity index (χ0) is 15.7. The molecule has 3 rings (SSSR count). The summed E-state index contributed by atoms with van der Waals surface area (Å²) in [5.74, 6) is 0. The Balaban J connectivity index is 1.87. The molecule has 1 aliphatic rings. The topological polar surface area (TPSA) is 82.2 Å². The van der Waals surface area contributed by atoms with E-state index < -0.39 is 0 Å². The Bertz CT molecular complexity index is 719. The van der Waals surface area contributed by atoms with Crippen molar-refractivity contribution in [2.24, 2.45) is 7.05 Å². The van der Waals surface area contributed by atoms with Gasteiger partial charge in [0.05, 0.1) is 25.5 Å². The zero-order valence-corrected chi connectivity index (χ0v) is 13.2. The molecule has 0 radical (unpaired) electrons. The predicted octanol–water partition coefficient (Wildman–Crippen LogP) is 1.28. The van der Waals surface area contributed by atoms with Gasteiger partial charge in [-0.2, -0.15) is 4.98 Å². The van der Waals surface area contributed by atoms with Crippen molar-refractivity contribution < 1.29 is 9.84 Å². The van der Waals surface area contributed by atoms with E-state index in [2.05, 4.69) is 9.97 Å². The van der Waals surface area contributed by atoms with E-state index in [1.807, 2.05) is 0 Å². The van der Waals surface area contributed by atoms with Gasteiger partial charge in [-0.05, 0) is 37.3 Å². The van der Waals surface area contributed by atoms with Crippen molar-refractivity contribution in [3.8, 4) is 0 Å². The first-order chi connectivity index (χ1) is 10.6. The highest BCUT2D eigenvalue weighted by Gasteiger charge is 2.26. The van der Waals surface area contributed by atoms with Crippen LogP contribution >= 0.6 is 11.6 Å². The van der Waals surface area contributed by atoms with Crippen molar-refractivity contribution in [1.82, 2.24) is 19.1 Å². The van der Waals surface area contributed by atoms with Crippen LogP contribution in [0.1, 0.15) is 31.7 Å². The molecule has 120 valence electrons. The van der Waals surface area contributed by atoms with E-state index in [1.165, 1.54) is 0 Å². The average Bonchev–Trinajstić information content (AvgIpc) is 2.77. The number of imidazole rings is 1. The van der Waals surface area contributed by atoms with E-state index in [0.29, 0.717) is 17.8 Å². The minimum atomic E-state index is -0.0914. The van der Waals surface area contributed by atoms with Crippen LogP contribution in [0.3, 0.4) is 0 Å². The largest absolute Gasteiger partial charge is 0.394 e. The van der Waals surface area contributed by atoms with E-state index in [1.54, 1.807) is 22.4 Å². The Hall–Kier alpha value is -1.44. The number of aromatic nitrogens is 4. The van der Waals surface area contributed by atoms with Gasteiger partial charge in [-0.15, -0.1) is 0 Å². The molecule has 2 aromatic heterocycles. The van der Waals surface area contributed by atoms with E-state index in [9.17, 15) is 4.79 Å². The summed E-state index contributed by atoms with van der Waals surface area (Å²) in [6, 6.07) is 0.0937. The molecule has 2 heterocycles. The molecule has 1 saturated carbocycles. The number of aliphatic hydroxyl groups excluding tert-OH is 1. The molecule has 0 saturated heterocycles. The van der Waals surface area contributed by atoms with Gasteiger partial charge in [0.2, 0.25) is 5.28 Å². The second kappa shape index (κ2) is 6.36. The monoisotopic (exact) mass is 326 g/mol. The zero-order valence-electron chi connectivity index (χ0n) is 12.4. The van der Waals surface area contributed by atoms with Crippen LogP contribution in [0.5, 0.6) is 0 Å². The molecule has 0 atom stereocenters. The maximum Gasteiger partial charge on any atom is 0.330 e. The summed E-state index contributed by atoms with van der Waals surface area (Å²) in [7, 11) is 1.72. The molecule has 0 spiro atoms. The van der Waals surface area contributed by atoms with Crippen LogP contribution in [0.2, 0.25) is 5.28 Å². The standard InChI is InChI=1S/C14H19ClN4O3/c1-18-11-8-16-13(15)17-12(11)19(14(18)21)9-2-4-10(5-3-9)22-7-6-20/h8-10,20H,2-7H2,1H3. The first-order valence-electron chi connectivity index (χ1n) is 7.43. The Labute approximate surface area is 132 Å². The molecule has 0 aromatic carbocycles. The lowest BCUT2D eigenvalue weighted by Crippen LogP contribution is -2.31. The molecule has 1 fully saturated rings. The molecule has 0 aliphatic heterocycles. The number of ether oxygens (including phenoxy) is 1. The van der Waals surface area contributed by atoms with Gasteiger partial charge in [0.1, 0.15) is 5.52 Å². The molecular weight excluding hydrogens is 308 g/mol. The molecule has 8 heteroatoms. The van der Waals surface area contributed by atoms with Gasteiger partial charge in [0.15, 0.2) is 5.65 Å². The number of hydrogen-bond donors (Lipinski definition) is 1. The van der Waals surface area contributed by atoms with E-state index in [-0.39, 0.29) is 29.7 Å². The lowest BCUT2D eigenvalue weighted by atomic mass is 9.93. The highest BCUT2D eigenvalue weighted by atomic mass is 35.5. The third kappa shape index (κ3) is 2.76. The van der Waals surface area contributed by atoms with Gasteiger partial charge in [-0.1, -0.05) is 0 Å². The Morgan fingerprint density at radius 3 is 2.82 bits per heavy atom. The van der Waals surface area contributed by atoms with Crippen LogP contribution in [0.15, 0.2) is 11.0 Å². The summed E-state index contributed by atoms with van der Waals surface area (Å²) in [4.78, 5) is 20.7. The third-order valence-electron chi connectivity index (χ3n) is 4.26. The Morgan fingerprint density at radius 2 is 2.14 bits per heavy atom. The minimum absolute atomic E-state index is 0.0398. The van der Waals surface area contributed by atoms with Crippen LogP contribution in [-0.4, -0.2) is 43.5 Å². The van der Waals surface area contributed by atoms with Gasteiger partial charge in [0.25, 0.3) is 0 Å². The number of rotatable bonds is 4. The Morgan fingerprint density at radius 1 is 1.41 bits per heavy atom. The van der Waals surface area contributed by atoms with Gasteiger partial charge < -0.3 is 9.84 Å². The first kappa shape index (κ1) is 15.5. The molecule has 1 N–H and O–H groups in total. The maximum absolute atomic E-state index is 12.5. The molecule has 7 nitrogen and oxygen atoms in total. The lowest BCUT2D eigenvalue weighted by molar-refractivity contribution is 0.00163. The molecular formula is C14H19ClN4O3. The SMILES string of the molecule is Cn1c(=O)n(C2CCC(OCCO)CC2)c2nc(Cl)ncc21. The molecule has 1 aliphatic carbocycles. The summed E-state index contributed by atoms with van der Waals surface area (Å²) >= 11 is 5.88. The smallest absolute Gasteiger partial charge is 0.330 e. The van der Waals surface area contributed by atoms with Crippen molar-refractivity contribution >= 4 is 22.8 Å². The summed E-state index contributed by atoms with van der Waals surface area (Å²) in [6.07, 6.45) is 5.16. The fraction of sp³-hybridized carbons (Fsp3) is 0.643. The number of nitrogens with zero attached hydrogens (tertiary/aromatic N) is 4. The number of fused-ring (bicyclic) bond motifs is 1. The average molecular weight is 327 g/mol. The van der Waals surface area contributed by atoms with Gasteiger partial charge in [-0.25, -0.2) is 9.78 Å². The number of halogens is 1. The van der Waals surface area contributed by atoms with Crippen LogP contribution in [-0.2, 0) is 11.8 Å². The molecule has 2 aromatic rings. The Kier molecular flexibility index (Phi) is 4.46. The maximum atomic E-state index is 12.5. The quantitative estimate of drug-likeness (QED) is 0.856. The normalized spacial score (nSPS) is 22.3. The second-order valence-corrected chi connectivity index (χ2v) is 5.92. The fourth-order valence-corrected chi connectivity index (χ4v) is 3.26. The molecule has 0 unspecified atom stereocenters. The third-order valence-corrected chi connectivity index (χ3v) is 4.44. The molecule has 22 heavy (non-hydrogen) atoms. The minimum Gasteiger partial charge on any atom is -0.394 e. The number of aryl methyl sites for hydroxylation is 1. The van der Waals surface area contributed by atoms with Crippen LogP contribution in [0, 0.1) is 0 Å². The van der Waals surface area contributed by atoms with Gasteiger partial charge in [0, 0.05) is 13.1 Å². The number of aliphatic hydroxyl groups is 1. The van der Waals surface area contributed by atoms with Crippen LogP contribution < -0.4 is 5.69 Å². The van der Waals surface area contributed by atoms with E-state index in [0.717, 1.165) is 25.7 Å². The lowest BCUT2D eigenvalue weighted by Gasteiger charge is -2.28. The van der Waals surface area contributed by atoms with Crippen molar-refractivity contribution in [3.05, 3.63) is 22.0 Å². The summed E-state index contributed by atoms with van der Waals surface area (Å²) in [5.41, 5.74) is 1.19. The van der Waals surface area contributed by atoms with Crippen LogP contribution in [0.4, 0.5) is 0 Å². The van der Waals surface area contributed by atoms with Crippen molar-refractivity contribution in [2.75, 3.05) is 13.2 Å². The second-order valence-electron chi connectivity index (χ2n) is 5.58. The molecule has 0 bridgehead atoms. The van der Waals surface area contributed by atoms with Crippen molar-refractivity contribution in [2.45, 2.75) is 37.8 Å². The summed E-state index contributed by atoms with van der Waals surface area (Å²) < 4.78 is 8.85. The van der Waals surface area contributed by atoms with E-state index >= 15 is 0 Å². The van der Waals surface area contributed by atoms with Crippen molar-refractivity contribution in [1.29, 1.82) is 0 Å². The van der Waals surface area contributed by atoms with Gasteiger partial charge >= 0.3 is 5.69 Å². The summed E-state index contributed by atoms with van der Waals surface area (Å²) in [5, 5.41) is 8.96. The molecule has 0 amide bonds. The summed E-state index contributed by atoms with van der Waals surface area (Å²) in [6.45, 7) is 0.407. The van der Waals surface area contributed by atoms with Gasteiger partial charge in [-0.3, -0.25) is 9.13 Å². The van der Waals surface area contributed by atoms with E-state index in [4.69, 9.17) is 21.4 Å². The highest BCUT2D eigenvalue weighted by molar-refractivity contribution is 6.28. The predicted molar refractivity (Wildman–Crippen MR) is 82.1 cm³/mol.